The summed E-state index contributed by atoms with van der Waals surface area (Å²) in [5.41, 5.74) is -0.696. The predicted octanol–water partition coefficient (Wildman–Crippen LogP) is 0.886. The molecule has 2 heterocycles. The molecule has 0 aliphatic carbocycles. The standard InChI is InChI=1S/C10H9N5O4/c1-5-12-6(2)14(13-5)9-8(15(18)19)3-7(4-11-9)10(16)17/h3-4H,1-2H3,(H,16,17). The van der Waals surface area contributed by atoms with E-state index < -0.39 is 16.6 Å². The zero-order valence-electron chi connectivity index (χ0n) is 10.1. The molecule has 2 aromatic heterocycles. The number of carbonyl (C=O) groups is 1. The Morgan fingerprint density at radius 3 is 2.63 bits per heavy atom. The second kappa shape index (κ2) is 4.44. The lowest BCUT2D eigenvalue weighted by atomic mass is 10.2. The van der Waals surface area contributed by atoms with Crippen LogP contribution in [0.2, 0.25) is 0 Å². The second-order valence-electron chi connectivity index (χ2n) is 3.75. The van der Waals surface area contributed by atoms with E-state index in [0.717, 1.165) is 12.3 Å². The van der Waals surface area contributed by atoms with Gasteiger partial charge in [-0.15, -0.1) is 5.10 Å². The average Bonchev–Trinajstić information content (AvgIpc) is 2.67. The molecule has 0 aromatic carbocycles. The number of carboxylic acid groups (broad SMARTS) is 1. The maximum Gasteiger partial charge on any atom is 0.337 e. The minimum atomic E-state index is -1.28. The lowest BCUT2D eigenvalue weighted by Crippen LogP contribution is -2.08. The number of hydrogen-bond acceptors (Lipinski definition) is 6. The van der Waals surface area contributed by atoms with E-state index in [4.69, 9.17) is 5.11 Å². The minimum Gasteiger partial charge on any atom is -0.478 e. The van der Waals surface area contributed by atoms with Crippen molar-refractivity contribution in [3.05, 3.63) is 39.6 Å². The molecule has 0 bridgehead atoms. The Bertz CT molecular complexity index is 679. The quantitative estimate of drug-likeness (QED) is 0.643. The molecule has 2 rings (SSSR count). The van der Waals surface area contributed by atoms with Gasteiger partial charge in [-0.2, -0.15) is 4.68 Å². The first-order valence-corrected chi connectivity index (χ1v) is 5.18. The molecule has 19 heavy (non-hydrogen) atoms. The van der Waals surface area contributed by atoms with Gasteiger partial charge in [0.25, 0.3) is 0 Å². The molecular formula is C10H9N5O4. The van der Waals surface area contributed by atoms with Crippen LogP contribution in [0.4, 0.5) is 5.69 Å². The number of nitrogens with zero attached hydrogens (tertiary/aromatic N) is 5. The molecule has 0 saturated carbocycles. The van der Waals surface area contributed by atoms with Crippen molar-refractivity contribution in [1.29, 1.82) is 0 Å². The van der Waals surface area contributed by atoms with Crippen molar-refractivity contribution in [3.8, 4) is 5.82 Å². The van der Waals surface area contributed by atoms with Crippen LogP contribution in [0.3, 0.4) is 0 Å². The van der Waals surface area contributed by atoms with E-state index in [0.29, 0.717) is 11.6 Å². The number of carboxylic acids is 1. The molecule has 9 heteroatoms. The number of rotatable bonds is 3. The summed E-state index contributed by atoms with van der Waals surface area (Å²) in [5, 5.41) is 23.8. The summed E-state index contributed by atoms with van der Waals surface area (Å²) in [6.45, 7) is 3.26. The maximum atomic E-state index is 11.0. The summed E-state index contributed by atoms with van der Waals surface area (Å²) in [5.74, 6) is -0.478. The molecule has 0 amide bonds. The van der Waals surface area contributed by atoms with E-state index in [9.17, 15) is 14.9 Å². The van der Waals surface area contributed by atoms with Crippen molar-refractivity contribution in [2.75, 3.05) is 0 Å². The number of aromatic carboxylic acids is 1. The van der Waals surface area contributed by atoms with Gasteiger partial charge in [-0.05, 0) is 13.8 Å². The fraction of sp³-hybridized carbons (Fsp3) is 0.200. The van der Waals surface area contributed by atoms with Gasteiger partial charge >= 0.3 is 11.7 Å². The molecule has 9 nitrogen and oxygen atoms in total. The minimum absolute atomic E-state index is 0.0619. The van der Waals surface area contributed by atoms with Crippen LogP contribution >= 0.6 is 0 Å². The van der Waals surface area contributed by atoms with Crippen molar-refractivity contribution in [3.63, 3.8) is 0 Å². The van der Waals surface area contributed by atoms with Gasteiger partial charge in [0.2, 0.25) is 5.82 Å². The Balaban J connectivity index is 2.66. The maximum absolute atomic E-state index is 11.0. The summed E-state index contributed by atoms with van der Waals surface area (Å²) >= 11 is 0. The molecule has 98 valence electrons. The molecule has 0 spiro atoms. The van der Waals surface area contributed by atoms with Crippen molar-refractivity contribution >= 4 is 11.7 Å². The van der Waals surface area contributed by atoms with E-state index in [1.54, 1.807) is 13.8 Å². The van der Waals surface area contributed by atoms with Crippen LogP contribution in [0.15, 0.2) is 12.3 Å². The largest absolute Gasteiger partial charge is 0.478 e. The Hall–Kier alpha value is -2.84. The molecule has 0 fully saturated rings. The Labute approximate surface area is 106 Å². The van der Waals surface area contributed by atoms with Crippen LogP contribution in [-0.4, -0.2) is 35.7 Å². The first-order chi connectivity index (χ1) is 8.90. The highest BCUT2D eigenvalue weighted by atomic mass is 16.6. The van der Waals surface area contributed by atoms with Gasteiger partial charge in [0.1, 0.15) is 11.6 Å². The highest BCUT2D eigenvalue weighted by Gasteiger charge is 2.22. The summed E-state index contributed by atoms with van der Waals surface area (Å²) in [6, 6.07) is 0.946. The fourth-order valence-electron chi connectivity index (χ4n) is 1.58. The van der Waals surface area contributed by atoms with Crippen LogP contribution < -0.4 is 0 Å². The van der Waals surface area contributed by atoms with E-state index in [1.165, 1.54) is 4.68 Å². The number of nitro groups is 1. The van der Waals surface area contributed by atoms with Crippen LogP contribution in [0, 0.1) is 24.0 Å². The fourth-order valence-corrected chi connectivity index (χ4v) is 1.58. The third kappa shape index (κ3) is 2.25. The summed E-state index contributed by atoms with van der Waals surface area (Å²) in [6.07, 6.45) is 1.04. The topological polar surface area (TPSA) is 124 Å². The summed E-state index contributed by atoms with van der Waals surface area (Å²) in [4.78, 5) is 28.9. The molecule has 1 N–H and O–H groups in total. The summed E-state index contributed by atoms with van der Waals surface area (Å²) in [7, 11) is 0. The van der Waals surface area contributed by atoms with Crippen molar-refractivity contribution in [2.45, 2.75) is 13.8 Å². The van der Waals surface area contributed by atoms with E-state index in [2.05, 4.69) is 15.1 Å². The molecule has 0 aliphatic heterocycles. The predicted molar refractivity (Wildman–Crippen MR) is 62.2 cm³/mol. The monoisotopic (exact) mass is 263 g/mol. The Morgan fingerprint density at radius 2 is 2.16 bits per heavy atom. The SMILES string of the molecule is Cc1nc(C)n(-c2ncc(C(=O)O)cc2[N+](=O)[O-])n1. The number of pyridine rings is 1. The summed E-state index contributed by atoms with van der Waals surface area (Å²) < 4.78 is 1.21. The lowest BCUT2D eigenvalue weighted by Gasteiger charge is -2.03. The third-order valence-corrected chi connectivity index (χ3v) is 2.37. The molecule has 0 aliphatic rings. The van der Waals surface area contributed by atoms with Crippen molar-refractivity contribution < 1.29 is 14.8 Å². The first-order valence-electron chi connectivity index (χ1n) is 5.18. The second-order valence-corrected chi connectivity index (χ2v) is 3.75. The van der Waals surface area contributed by atoms with Gasteiger partial charge < -0.3 is 5.11 Å². The van der Waals surface area contributed by atoms with Gasteiger partial charge in [0.05, 0.1) is 10.5 Å². The highest BCUT2D eigenvalue weighted by Crippen LogP contribution is 2.22. The van der Waals surface area contributed by atoms with Crippen LogP contribution in [-0.2, 0) is 0 Å². The highest BCUT2D eigenvalue weighted by molar-refractivity contribution is 5.88. The number of aromatic nitrogens is 4. The van der Waals surface area contributed by atoms with Crippen molar-refractivity contribution in [2.24, 2.45) is 0 Å². The molecule has 2 aromatic rings. The first kappa shape index (κ1) is 12.6. The zero-order valence-corrected chi connectivity index (χ0v) is 10.1. The number of hydrogen-bond donors (Lipinski definition) is 1. The van der Waals surface area contributed by atoms with Gasteiger partial charge in [-0.3, -0.25) is 10.1 Å². The van der Waals surface area contributed by atoms with Gasteiger partial charge in [-0.25, -0.2) is 14.8 Å². The van der Waals surface area contributed by atoms with E-state index >= 15 is 0 Å². The third-order valence-electron chi connectivity index (χ3n) is 2.37. The van der Waals surface area contributed by atoms with E-state index in [-0.39, 0.29) is 11.4 Å². The average molecular weight is 263 g/mol. The van der Waals surface area contributed by atoms with Gasteiger partial charge in [0.15, 0.2) is 0 Å². The van der Waals surface area contributed by atoms with Crippen LogP contribution in [0.1, 0.15) is 22.0 Å². The lowest BCUT2D eigenvalue weighted by molar-refractivity contribution is -0.385. The van der Waals surface area contributed by atoms with E-state index in [1.807, 2.05) is 0 Å². The van der Waals surface area contributed by atoms with Crippen molar-refractivity contribution in [1.82, 2.24) is 19.7 Å². The molecule has 0 radical (unpaired) electrons. The van der Waals surface area contributed by atoms with Crippen LogP contribution in [0.25, 0.3) is 5.82 Å². The zero-order chi connectivity index (χ0) is 14.2. The van der Waals surface area contributed by atoms with Gasteiger partial charge in [0, 0.05) is 12.3 Å². The molecular weight excluding hydrogens is 254 g/mol. The Morgan fingerprint density at radius 1 is 1.47 bits per heavy atom. The number of aryl methyl sites for hydroxylation is 2. The van der Waals surface area contributed by atoms with Crippen LogP contribution in [0.5, 0.6) is 0 Å². The Kier molecular flexibility index (Phi) is 2.95. The smallest absolute Gasteiger partial charge is 0.337 e. The normalized spacial score (nSPS) is 10.4. The van der Waals surface area contributed by atoms with Gasteiger partial charge in [-0.1, -0.05) is 0 Å². The molecule has 0 unspecified atom stereocenters. The molecule has 0 atom stereocenters. The molecule has 0 saturated heterocycles.